The summed E-state index contributed by atoms with van der Waals surface area (Å²) in [5, 5.41) is 8.17. The number of carbonyl (C=O) groups is 2. The Morgan fingerprint density at radius 1 is 1.16 bits per heavy atom. The predicted molar refractivity (Wildman–Crippen MR) is 165 cm³/mol. The van der Waals surface area contributed by atoms with Crippen molar-refractivity contribution in [1.82, 2.24) is 34.3 Å². The number of rotatable bonds is 11. The number of fused-ring (bicyclic) bond motifs is 1. The number of likely N-dealkylation sites (N-methyl/N-ethyl adjacent to an activating group) is 1. The molecule has 3 fully saturated rings. The maximum Gasteiger partial charge on any atom is 0.409 e. The van der Waals surface area contributed by atoms with Crippen molar-refractivity contribution in [3.63, 3.8) is 0 Å². The van der Waals surface area contributed by atoms with Gasteiger partial charge in [0.15, 0.2) is 11.3 Å². The van der Waals surface area contributed by atoms with Gasteiger partial charge in [-0.3, -0.25) is 4.79 Å². The monoisotopic (exact) mass is 615 g/mol. The Hall–Kier alpha value is -3.52. The number of likely N-dealkylation sites (tertiary alicyclic amines) is 2. The van der Waals surface area contributed by atoms with Crippen LogP contribution in [0.2, 0.25) is 0 Å². The molecular weight excluding hydrogens is 569 g/mol. The van der Waals surface area contributed by atoms with E-state index < -0.39 is 11.8 Å². The van der Waals surface area contributed by atoms with Crippen LogP contribution in [0.3, 0.4) is 0 Å². The van der Waals surface area contributed by atoms with E-state index in [1.54, 1.807) is 22.6 Å². The molecule has 14 heteroatoms. The third kappa shape index (κ3) is 7.23. The van der Waals surface area contributed by atoms with E-state index in [0.717, 1.165) is 30.6 Å². The molecule has 0 bridgehead atoms. The van der Waals surface area contributed by atoms with E-state index in [2.05, 4.69) is 29.2 Å². The molecule has 0 radical (unpaired) electrons. The lowest BCUT2D eigenvalue weighted by atomic mass is 9.97. The molecule has 0 saturated carbocycles. The Bertz CT molecular complexity index is 1340. The number of hydrogen-bond donors (Lipinski definition) is 1. The molecule has 1 N–H and O–H groups in total. The summed E-state index contributed by atoms with van der Waals surface area (Å²) < 4.78 is 27.6. The molecule has 44 heavy (non-hydrogen) atoms. The quantitative estimate of drug-likeness (QED) is 0.378. The number of carbonyl (C=O) groups excluding carboxylic acids is 2. The van der Waals surface area contributed by atoms with Gasteiger partial charge in [0.25, 0.3) is 0 Å². The van der Waals surface area contributed by atoms with Gasteiger partial charge < -0.3 is 34.4 Å². The van der Waals surface area contributed by atoms with Crippen LogP contribution in [0.15, 0.2) is 18.3 Å². The van der Waals surface area contributed by atoms with Crippen LogP contribution in [0.25, 0.3) is 5.65 Å². The summed E-state index contributed by atoms with van der Waals surface area (Å²) in [6, 6.07) is 0.288. The van der Waals surface area contributed by atoms with E-state index in [0.29, 0.717) is 51.0 Å². The number of ether oxygens (including phenoxy) is 2. The van der Waals surface area contributed by atoms with E-state index in [-0.39, 0.29) is 43.6 Å². The lowest BCUT2D eigenvalue weighted by Crippen LogP contribution is -2.63. The summed E-state index contributed by atoms with van der Waals surface area (Å²) in [5.74, 6) is 1.31. The number of anilines is 2. The molecule has 1 atom stereocenters. The van der Waals surface area contributed by atoms with Gasteiger partial charge in [-0.1, -0.05) is 19.9 Å². The van der Waals surface area contributed by atoms with Crippen molar-refractivity contribution in [3.05, 3.63) is 23.9 Å². The fraction of sp³-hybridized carbons (Fsp3) is 0.700. The van der Waals surface area contributed by atoms with Gasteiger partial charge in [0.2, 0.25) is 17.8 Å². The van der Waals surface area contributed by atoms with Crippen LogP contribution in [0.1, 0.15) is 51.0 Å². The van der Waals surface area contributed by atoms with Crippen molar-refractivity contribution in [2.24, 2.45) is 0 Å². The maximum absolute atomic E-state index is 15.0. The lowest BCUT2D eigenvalue weighted by Gasteiger charge is -2.43. The van der Waals surface area contributed by atoms with Crippen LogP contribution in [0.5, 0.6) is 0 Å². The van der Waals surface area contributed by atoms with Crippen LogP contribution < -0.4 is 10.2 Å². The van der Waals surface area contributed by atoms with Gasteiger partial charge in [-0.05, 0) is 45.7 Å². The van der Waals surface area contributed by atoms with Gasteiger partial charge >= 0.3 is 6.09 Å². The largest absolute Gasteiger partial charge is 0.446 e. The van der Waals surface area contributed by atoms with Crippen molar-refractivity contribution in [2.45, 2.75) is 63.2 Å². The van der Waals surface area contributed by atoms with Crippen molar-refractivity contribution >= 4 is 29.5 Å². The van der Waals surface area contributed by atoms with Crippen molar-refractivity contribution in [1.29, 1.82) is 0 Å². The van der Waals surface area contributed by atoms with Gasteiger partial charge in [-0.2, -0.15) is 19.6 Å². The minimum absolute atomic E-state index is 0.0596. The number of alkyl halides is 1. The summed E-state index contributed by atoms with van der Waals surface area (Å²) in [5.41, 5.74) is 0.132. The number of aromatic nitrogens is 4. The number of halogens is 1. The molecule has 0 aromatic carbocycles. The smallest absolute Gasteiger partial charge is 0.409 e. The van der Waals surface area contributed by atoms with Crippen molar-refractivity contribution in [3.8, 4) is 0 Å². The molecule has 2 aromatic heterocycles. The molecule has 0 unspecified atom stereocenters. The molecule has 3 saturated heterocycles. The third-order valence-corrected chi connectivity index (χ3v) is 8.53. The molecule has 0 aliphatic carbocycles. The van der Waals surface area contributed by atoms with E-state index in [9.17, 15) is 9.59 Å². The first kappa shape index (κ1) is 31.9. The normalized spacial score (nSPS) is 20.7. The van der Waals surface area contributed by atoms with E-state index in [1.807, 2.05) is 25.2 Å². The first-order chi connectivity index (χ1) is 21.1. The Balaban J connectivity index is 1.15. The molecule has 2 aromatic rings. The fourth-order valence-corrected chi connectivity index (χ4v) is 6.00. The van der Waals surface area contributed by atoms with E-state index in [4.69, 9.17) is 19.4 Å². The van der Waals surface area contributed by atoms with Crippen LogP contribution >= 0.6 is 0 Å². The Morgan fingerprint density at radius 2 is 1.91 bits per heavy atom. The summed E-state index contributed by atoms with van der Waals surface area (Å²) in [7, 11) is 5.52. The highest BCUT2D eigenvalue weighted by molar-refractivity contribution is 5.88. The second-order valence-electron chi connectivity index (χ2n) is 12.8. The Morgan fingerprint density at radius 3 is 2.59 bits per heavy atom. The maximum atomic E-state index is 15.0. The predicted octanol–water partition coefficient (Wildman–Crippen LogP) is 2.54. The van der Waals surface area contributed by atoms with Gasteiger partial charge in [-0.25, -0.2) is 9.18 Å². The molecule has 5 heterocycles. The molecule has 3 aliphatic heterocycles. The molecule has 242 valence electrons. The number of amides is 2. The number of nitrogens with zero attached hydrogens (tertiary/aromatic N) is 8. The zero-order valence-electron chi connectivity index (χ0n) is 26.5. The molecule has 2 amide bonds. The Labute approximate surface area is 258 Å². The third-order valence-electron chi connectivity index (χ3n) is 8.53. The first-order valence-electron chi connectivity index (χ1n) is 15.6. The average Bonchev–Trinajstić information content (AvgIpc) is 3.62. The molecule has 3 aliphatic rings. The summed E-state index contributed by atoms with van der Waals surface area (Å²) in [6.07, 6.45) is 7.96. The van der Waals surface area contributed by atoms with Crippen LogP contribution in [0, 0.1) is 0 Å². The van der Waals surface area contributed by atoms with Gasteiger partial charge in [0.1, 0.15) is 6.61 Å². The fourth-order valence-electron chi connectivity index (χ4n) is 6.00. The highest BCUT2D eigenvalue weighted by atomic mass is 19.1. The van der Waals surface area contributed by atoms with Gasteiger partial charge in [-0.15, -0.1) is 0 Å². The molecular formula is C30H46FN9O4. The van der Waals surface area contributed by atoms with Crippen molar-refractivity contribution < 1.29 is 23.5 Å². The number of piperidine rings is 1. The summed E-state index contributed by atoms with van der Waals surface area (Å²) >= 11 is 0. The summed E-state index contributed by atoms with van der Waals surface area (Å²) in [6.45, 7) is 6.78. The number of methoxy groups -OCH3 is 1. The number of hydrogen-bond acceptors (Lipinski definition) is 10. The SMILES string of the molecule is COC[C@@H]1CCCN1c1nc(NC2CCN(C(=O)OCC3(F)CN(C(=O)/C=C/CN(C)C)C3)CC2)n2ncc(C(C)C)c2n1. The zero-order valence-corrected chi connectivity index (χ0v) is 26.5. The molecule has 5 rings (SSSR count). The molecule has 0 spiro atoms. The minimum atomic E-state index is -1.72. The second-order valence-corrected chi connectivity index (χ2v) is 12.8. The highest BCUT2D eigenvalue weighted by Crippen LogP contribution is 2.29. The lowest BCUT2D eigenvalue weighted by molar-refractivity contribution is -0.143. The Kier molecular flexibility index (Phi) is 9.88. The van der Waals surface area contributed by atoms with Gasteiger partial charge in [0.05, 0.1) is 31.9 Å². The van der Waals surface area contributed by atoms with E-state index in [1.165, 1.54) is 11.0 Å². The van der Waals surface area contributed by atoms with E-state index >= 15 is 4.39 Å². The van der Waals surface area contributed by atoms with Crippen LogP contribution in [-0.4, -0.2) is 138 Å². The molecule has 13 nitrogen and oxygen atoms in total. The van der Waals surface area contributed by atoms with Crippen LogP contribution in [0.4, 0.5) is 21.1 Å². The highest BCUT2D eigenvalue weighted by Gasteiger charge is 2.46. The second kappa shape index (κ2) is 13.6. The average molecular weight is 616 g/mol. The zero-order chi connectivity index (χ0) is 31.4. The standard InChI is InChI=1S/C30H46FN9O4/c1-21(2)24-16-32-40-26(24)34-27(39-13-6-8-23(39)17-43-5)35-28(40)33-22-10-14-37(15-11-22)29(42)44-20-30(31)18-38(19-30)25(41)9-7-12-36(3)4/h7,9,16,21-23H,6,8,10-15,17-20H2,1-5H3,(H,33,34,35)/b9-7+/t23-/m0/s1. The number of nitrogens with one attached hydrogen (secondary N) is 1. The summed E-state index contributed by atoms with van der Waals surface area (Å²) in [4.78, 5) is 42.0. The van der Waals surface area contributed by atoms with Crippen LogP contribution in [-0.2, 0) is 14.3 Å². The topological polar surface area (TPSA) is 121 Å². The van der Waals surface area contributed by atoms with Crippen molar-refractivity contribution in [2.75, 3.05) is 83.9 Å². The first-order valence-corrected chi connectivity index (χ1v) is 15.6. The van der Waals surface area contributed by atoms with Gasteiger partial charge in [0, 0.05) is 51.0 Å². The minimum Gasteiger partial charge on any atom is -0.446 e.